The van der Waals surface area contributed by atoms with Crippen molar-refractivity contribution in [2.75, 3.05) is 11.9 Å². The minimum Gasteiger partial charge on any atom is -0.450 e. The zero-order valence-corrected chi connectivity index (χ0v) is 16.5. The summed E-state index contributed by atoms with van der Waals surface area (Å²) in [6.45, 7) is 2.06. The Morgan fingerprint density at radius 3 is 2.61 bits per heavy atom. The van der Waals surface area contributed by atoms with Gasteiger partial charge in [0.1, 0.15) is 5.82 Å². The molecule has 144 valence electrons. The number of benzene rings is 2. The van der Waals surface area contributed by atoms with Crippen molar-refractivity contribution in [1.82, 2.24) is 14.8 Å². The Balaban J connectivity index is 1.64. The van der Waals surface area contributed by atoms with Gasteiger partial charge in [0.2, 0.25) is 0 Å². The molecule has 0 bridgehead atoms. The van der Waals surface area contributed by atoms with Gasteiger partial charge in [0.05, 0.1) is 17.0 Å². The van der Waals surface area contributed by atoms with Crippen LogP contribution in [-0.4, -0.2) is 27.5 Å². The molecule has 1 amide bonds. The van der Waals surface area contributed by atoms with E-state index in [2.05, 4.69) is 39.8 Å². The lowest BCUT2D eigenvalue weighted by atomic mass is 9.95. The van der Waals surface area contributed by atoms with Crippen LogP contribution in [0, 0.1) is 0 Å². The quantitative estimate of drug-likeness (QED) is 0.673. The van der Waals surface area contributed by atoms with E-state index >= 15 is 0 Å². The van der Waals surface area contributed by atoms with Crippen molar-refractivity contribution in [1.29, 1.82) is 0 Å². The predicted octanol–water partition coefficient (Wildman–Crippen LogP) is 4.78. The lowest BCUT2D eigenvalue weighted by molar-refractivity contribution is 0.168. The van der Waals surface area contributed by atoms with Gasteiger partial charge in [0, 0.05) is 18.3 Å². The minimum atomic E-state index is -0.509. The molecule has 0 radical (unpaired) electrons. The van der Waals surface area contributed by atoms with Crippen LogP contribution in [0.1, 0.15) is 31.2 Å². The number of anilines is 1. The summed E-state index contributed by atoms with van der Waals surface area (Å²) in [4.78, 5) is 11.6. The zero-order valence-electron chi connectivity index (χ0n) is 15.8. The van der Waals surface area contributed by atoms with E-state index in [9.17, 15) is 4.79 Å². The summed E-state index contributed by atoms with van der Waals surface area (Å²) in [6.07, 6.45) is 1.60. The van der Waals surface area contributed by atoms with Crippen LogP contribution in [0.25, 0.3) is 11.4 Å². The second-order valence-corrected chi connectivity index (χ2v) is 7.30. The van der Waals surface area contributed by atoms with Crippen molar-refractivity contribution >= 4 is 23.4 Å². The molecule has 1 fully saturated rings. The molecule has 0 atom stereocenters. The number of carbonyl (C=O) groups is 1. The molecule has 0 saturated heterocycles. The van der Waals surface area contributed by atoms with Crippen molar-refractivity contribution in [2.24, 2.45) is 7.05 Å². The van der Waals surface area contributed by atoms with Crippen LogP contribution >= 0.6 is 11.6 Å². The molecule has 0 unspecified atom stereocenters. The Morgan fingerprint density at radius 2 is 1.96 bits per heavy atom. The summed E-state index contributed by atoms with van der Waals surface area (Å²) < 4.78 is 6.90. The third-order valence-electron chi connectivity index (χ3n) is 5.11. The van der Waals surface area contributed by atoms with Gasteiger partial charge in [-0.2, -0.15) is 0 Å². The highest BCUT2D eigenvalue weighted by Gasteiger charge is 2.49. The zero-order chi connectivity index (χ0) is 19.7. The molecule has 6 nitrogen and oxygen atoms in total. The lowest BCUT2D eigenvalue weighted by Gasteiger charge is -2.15. The van der Waals surface area contributed by atoms with Crippen LogP contribution < -0.4 is 5.32 Å². The fourth-order valence-electron chi connectivity index (χ4n) is 3.56. The first kappa shape index (κ1) is 18.5. The smallest absolute Gasteiger partial charge is 0.411 e. The van der Waals surface area contributed by atoms with Crippen LogP contribution in [0.15, 0.2) is 48.5 Å². The molecule has 1 aliphatic carbocycles. The monoisotopic (exact) mass is 396 g/mol. The topological polar surface area (TPSA) is 69.0 Å². The number of halogens is 1. The van der Waals surface area contributed by atoms with Gasteiger partial charge < -0.3 is 9.30 Å². The van der Waals surface area contributed by atoms with Crippen LogP contribution in [0.4, 0.5) is 10.5 Å². The average molecular weight is 397 g/mol. The van der Waals surface area contributed by atoms with Gasteiger partial charge in [-0.3, -0.25) is 5.32 Å². The summed E-state index contributed by atoms with van der Waals surface area (Å²) in [7, 11) is 1.97. The third kappa shape index (κ3) is 3.24. The highest BCUT2D eigenvalue weighted by atomic mass is 35.5. The van der Waals surface area contributed by atoms with E-state index in [0.29, 0.717) is 23.1 Å². The molecule has 0 aliphatic heterocycles. The second-order valence-electron chi connectivity index (χ2n) is 6.89. The van der Waals surface area contributed by atoms with Crippen molar-refractivity contribution in [2.45, 2.75) is 25.2 Å². The average Bonchev–Trinajstić information content (AvgIpc) is 3.40. The number of rotatable bonds is 5. The van der Waals surface area contributed by atoms with E-state index in [-0.39, 0.29) is 5.41 Å². The Morgan fingerprint density at radius 1 is 1.21 bits per heavy atom. The SMILES string of the molecule is CCOC(=O)Nc1ccc(-c2nnc(C3(c4ccccc4)CC3)n2C)c(Cl)c1. The minimum absolute atomic E-state index is 0.0703. The van der Waals surface area contributed by atoms with Gasteiger partial charge in [0.25, 0.3) is 0 Å². The van der Waals surface area contributed by atoms with E-state index in [0.717, 1.165) is 24.2 Å². The van der Waals surface area contributed by atoms with E-state index in [1.807, 2.05) is 23.7 Å². The van der Waals surface area contributed by atoms with E-state index in [4.69, 9.17) is 16.3 Å². The van der Waals surface area contributed by atoms with Crippen LogP contribution in [0.5, 0.6) is 0 Å². The molecule has 1 aromatic heterocycles. The molecule has 4 rings (SSSR count). The summed E-state index contributed by atoms with van der Waals surface area (Å²) in [5.74, 6) is 1.64. The number of ether oxygens (including phenoxy) is 1. The highest BCUT2D eigenvalue weighted by molar-refractivity contribution is 6.33. The van der Waals surface area contributed by atoms with E-state index in [1.165, 1.54) is 5.56 Å². The Bertz CT molecular complexity index is 1010. The van der Waals surface area contributed by atoms with Crippen molar-refractivity contribution in [3.05, 3.63) is 64.9 Å². The summed E-state index contributed by atoms with van der Waals surface area (Å²) in [6, 6.07) is 15.7. The lowest BCUT2D eigenvalue weighted by Crippen LogP contribution is -2.15. The van der Waals surface area contributed by atoms with Crippen LogP contribution in [0.3, 0.4) is 0 Å². The maximum atomic E-state index is 11.6. The van der Waals surface area contributed by atoms with Gasteiger partial charge in [0.15, 0.2) is 5.82 Å². The van der Waals surface area contributed by atoms with Gasteiger partial charge >= 0.3 is 6.09 Å². The van der Waals surface area contributed by atoms with Gasteiger partial charge in [-0.25, -0.2) is 4.79 Å². The molecule has 1 N–H and O–H groups in total. The number of nitrogens with one attached hydrogen (secondary N) is 1. The standard InChI is InChI=1S/C21H21ClN4O2/c1-3-28-20(27)23-15-9-10-16(17(22)13-15)18-24-25-19(26(18)2)21(11-12-21)14-7-5-4-6-8-14/h4-10,13H,3,11-12H2,1-2H3,(H,23,27). The highest BCUT2D eigenvalue weighted by Crippen LogP contribution is 2.53. The fourth-order valence-corrected chi connectivity index (χ4v) is 3.83. The van der Waals surface area contributed by atoms with Crippen molar-refractivity contribution < 1.29 is 9.53 Å². The molecule has 1 saturated carbocycles. The van der Waals surface area contributed by atoms with Gasteiger partial charge in [-0.15, -0.1) is 10.2 Å². The number of hydrogen-bond donors (Lipinski definition) is 1. The molecule has 7 heteroatoms. The summed E-state index contributed by atoms with van der Waals surface area (Å²) in [5.41, 5.74) is 2.52. The Hall–Kier alpha value is -2.86. The maximum Gasteiger partial charge on any atom is 0.411 e. The Kier molecular flexibility index (Phi) is 4.81. The van der Waals surface area contributed by atoms with Gasteiger partial charge in [-0.05, 0) is 43.5 Å². The number of hydrogen-bond acceptors (Lipinski definition) is 4. The summed E-state index contributed by atoms with van der Waals surface area (Å²) in [5, 5.41) is 12.1. The second kappa shape index (κ2) is 7.28. The molecule has 1 aliphatic rings. The maximum absolute atomic E-state index is 11.6. The summed E-state index contributed by atoms with van der Waals surface area (Å²) >= 11 is 6.48. The molecule has 28 heavy (non-hydrogen) atoms. The fraction of sp³-hybridized carbons (Fsp3) is 0.286. The number of aromatic nitrogens is 3. The first-order valence-corrected chi connectivity index (χ1v) is 9.62. The molecule has 1 heterocycles. The third-order valence-corrected chi connectivity index (χ3v) is 5.42. The molecule has 0 spiro atoms. The molecule has 3 aromatic rings. The largest absolute Gasteiger partial charge is 0.450 e. The Labute approximate surface area is 168 Å². The molecular weight excluding hydrogens is 376 g/mol. The van der Waals surface area contributed by atoms with E-state index in [1.54, 1.807) is 19.1 Å². The van der Waals surface area contributed by atoms with Crippen molar-refractivity contribution in [3.63, 3.8) is 0 Å². The van der Waals surface area contributed by atoms with E-state index < -0.39 is 6.09 Å². The molecular formula is C21H21ClN4O2. The first-order valence-electron chi connectivity index (χ1n) is 9.24. The van der Waals surface area contributed by atoms with Crippen molar-refractivity contribution in [3.8, 4) is 11.4 Å². The first-order chi connectivity index (χ1) is 13.5. The molecule has 2 aromatic carbocycles. The van der Waals surface area contributed by atoms with Crippen LogP contribution in [0.2, 0.25) is 5.02 Å². The van der Waals surface area contributed by atoms with Gasteiger partial charge in [-0.1, -0.05) is 41.9 Å². The number of amides is 1. The number of nitrogens with zero attached hydrogens (tertiary/aromatic N) is 3. The van der Waals surface area contributed by atoms with Crippen LogP contribution in [-0.2, 0) is 17.2 Å². The normalized spacial score (nSPS) is 14.5. The number of carbonyl (C=O) groups excluding carboxylic acids is 1. The predicted molar refractivity (Wildman–Crippen MR) is 109 cm³/mol.